The molecule has 0 bridgehead atoms. The first-order valence-electron chi connectivity index (χ1n) is 6.81. The molecule has 0 radical (unpaired) electrons. The lowest BCUT2D eigenvalue weighted by molar-refractivity contribution is -0.205. The van der Waals surface area contributed by atoms with Crippen LogP contribution in [0.25, 0.3) is 0 Å². The van der Waals surface area contributed by atoms with Crippen LogP contribution in [0.4, 0.5) is 13.2 Å². The first-order chi connectivity index (χ1) is 9.72. The van der Waals surface area contributed by atoms with Gasteiger partial charge in [0, 0.05) is 18.5 Å². The van der Waals surface area contributed by atoms with Gasteiger partial charge in [-0.25, -0.2) is 0 Å². The maximum Gasteiger partial charge on any atom is 0.404 e. The first kappa shape index (κ1) is 17.5. The SMILES string of the molecule is C=CCN(Cc1ccccc1)C(C(F)(F)F)C(C)(C)C=C. The Morgan fingerprint density at radius 2 is 1.71 bits per heavy atom. The number of hydrogen-bond acceptors (Lipinski definition) is 1. The molecule has 0 aliphatic carbocycles. The minimum Gasteiger partial charge on any atom is -0.284 e. The van der Waals surface area contributed by atoms with Gasteiger partial charge in [-0.05, 0) is 5.56 Å². The summed E-state index contributed by atoms with van der Waals surface area (Å²) in [6.07, 6.45) is -1.47. The smallest absolute Gasteiger partial charge is 0.284 e. The van der Waals surface area contributed by atoms with Gasteiger partial charge in [0.25, 0.3) is 0 Å². The summed E-state index contributed by atoms with van der Waals surface area (Å²) in [4.78, 5) is 1.39. The quantitative estimate of drug-likeness (QED) is 0.652. The van der Waals surface area contributed by atoms with E-state index in [0.29, 0.717) is 0 Å². The highest BCUT2D eigenvalue weighted by molar-refractivity contribution is 5.15. The van der Waals surface area contributed by atoms with Gasteiger partial charge in [0.1, 0.15) is 6.04 Å². The third-order valence-corrected chi connectivity index (χ3v) is 3.50. The summed E-state index contributed by atoms with van der Waals surface area (Å²) >= 11 is 0. The van der Waals surface area contributed by atoms with E-state index in [1.165, 1.54) is 17.1 Å². The Labute approximate surface area is 124 Å². The van der Waals surface area contributed by atoms with E-state index in [4.69, 9.17) is 0 Å². The molecule has 0 aliphatic heterocycles. The van der Waals surface area contributed by atoms with Crippen LogP contribution >= 0.6 is 0 Å². The molecule has 0 N–H and O–H groups in total. The lowest BCUT2D eigenvalue weighted by Gasteiger charge is -2.41. The van der Waals surface area contributed by atoms with Crippen molar-refractivity contribution in [3.63, 3.8) is 0 Å². The summed E-state index contributed by atoms with van der Waals surface area (Å²) in [6, 6.07) is 7.52. The van der Waals surface area contributed by atoms with Crippen LogP contribution in [-0.2, 0) is 6.54 Å². The van der Waals surface area contributed by atoms with Crippen LogP contribution < -0.4 is 0 Å². The highest BCUT2D eigenvalue weighted by atomic mass is 19.4. The van der Waals surface area contributed by atoms with Crippen molar-refractivity contribution >= 4 is 0 Å². The van der Waals surface area contributed by atoms with E-state index in [0.717, 1.165) is 5.56 Å². The highest BCUT2D eigenvalue weighted by Crippen LogP contribution is 2.39. The molecule has 1 atom stereocenters. The van der Waals surface area contributed by atoms with E-state index in [2.05, 4.69) is 13.2 Å². The van der Waals surface area contributed by atoms with Gasteiger partial charge in [0.15, 0.2) is 0 Å². The zero-order valence-corrected chi connectivity index (χ0v) is 12.5. The van der Waals surface area contributed by atoms with Crippen LogP contribution in [0.2, 0.25) is 0 Å². The predicted molar refractivity (Wildman–Crippen MR) is 80.9 cm³/mol. The highest BCUT2D eigenvalue weighted by Gasteiger charge is 2.50. The average molecular weight is 297 g/mol. The van der Waals surface area contributed by atoms with Crippen LogP contribution in [0.15, 0.2) is 55.6 Å². The van der Waals surface area contributed by atoms with Crippen molar-refractivity contribution in [3.8, 4) is 0 Å². The Kier molecular flexibility index (Phi) is 5.78. The second-order valence-corrected chi connectivity index (χ2v) is 5.67. The van der Waals surface area contributed by atoms with Gasteiger partial charge in [-0.15, -0.1) is 13.2 Å². The number of nitrogens with zero attached hydrogens (tertiary/aromatic N) is 1. The van der Waals surface area contributed by atoms with Crippen molar-refractivity contribution < 1.29 is 13.2 Å². The molecule has 0 saturated heterocycles. The lowest BCUT2D eigenvalue weighted by atomic mass is 9.82. The molecule has 0 fully saturated rings. The van der Waals surface area contributed by atoms with E-state index in [9.17, 15) is 13.2 Å². The van der Waals surface area contributed by atoms with Crippen LogP contribution in [0.1, 0.15) is 19.4 Å². The van der Waals surface area contributed by atoms with Gasteiger partial charge in [0.05, 0.1) is 0 Å². The molecule has 0 amide bonds. The summed E-state index contributed by atoms with van der Waals surface area (Å²) in [5.41, 5.74) is -0.246. The fourth-order valence-electron chi connectivity index (χ4n) is 2.46. The largest absolute Gasteiger partial charge is 0.404 e. The van der Waals surface area contributed by atoms with Gasteiger partial charge >= 0.3 is 6.18 Å². The third-order valence-electron chi connectivity index (χ3n) is 3.50. The van der Waals surface area contributed by atoms with Crippen LogP contribution in [0.3, 0.4) is 0 Å². The molecule has 21 heavy (non-hydrogen) atoms. The predicted octanol–water partition coefficient (Wildman–Crippen LogP) is 4.82. The second-order valence-electron chi connectivity index (χ2n) is 5.67. The minimum atomic E-state index is -4.34. The number of hydrogen-bond donors (Lipinski definition) is 0. The number of benzene rings is 1. The van der Waals surface area contributed by atoms with Crippen LogP contribution in [-0.4, -0.2) is 23.7 Å². The van der Waals surface area contributed by atoms with E-state index >= 15 is 0 Å². The average Bonchev–Trinajstić information content (AvgIpc) is 2.38. The Bertz CT molecular complexity index is 463. The Hall–Kier alpha value is -1.55. The molecule has 0 saturated carbocycles. The van der Waals surface area contributed by atoms with Crippen molar-refractivity contribution in [1.82, 2.24) is 4.90 Å². The molecule has 1 unspecified atom stereocenters. The maximum atomic E-state index is 13.6. The fourth-order valence-corrected chi connectivity index (χ4v) is 2.46. The molecular weight excluding hydrogens is 275 g/mol. The van der Waals surface area contributed by atoms with Crippen molar-refractivity contribution in [2.75, 3.05) is 6.54 Å². The molecule has 1 rings (SSSR count). The van der Waals surface area contributed by atoms with E-state index in [-0.39, 0.29) is 13.1 Å². The topological polar surface area (TPSA) is 3.24 Å². The monoisotopic (exact) mass is 297 g/mol. The summed E-state index contributed by atoms with van der Waals surface area (Å²) in [5, 5.41) is 0. The second kappa shape index (κ2) is 6.94. The van der Waals surface area contributed by atoms with E-state index in [1.54, 1.807) is 13.8 Å². The molecular formula is C17H22F3N. The van der Waals surface area contributed by atoms with Gasteiger partial charge in [0.2, 0.25) is 0 Å². The molecule has 0 aliphatic rings. The van der Waals surface area contributed by atoms with E-state index in [1.807, 2.05) is 30.3 Å². The van der Waals surface area contributed by atoms with Crippen molar-refractivity contribution in [2.45, 2.75) is 32.6 Å². The molecule has 4 heteroatoms. The zero-order chi connectivity index (χ0) is 16.1. The number of rotatable bonds is 7. The van der Waals surface area contributed by atoms with Crippen molar-refractivity contribution in [3.05, 3.63) is 61.2 Å². The lowest BCUT2D eigenvalue weighted by Crippen LogP contribution is -2.53. The van der Waals surface area contributed by atoms with E-state index < -0.39 is 17.6 Å². The van der Waals surface area contributed by atoms with Crippen molar-refractivity contribution in [2.24, 2.45) is 5.41 Å². The molecule has 1 aromatic rings. The van der Waals surface area contributed by atoms with Gasteiger partial charge in [-0.1, -0.05) is 56.3 Å². The van der Waals surface area contributed by atoms with Crippen LogP contribution in [0, 0.1) is 5.41 Å². The summed E-state index contributed by atoms with van der Waals surface area (Å²) in [7, 11) is 0. The van der Waals surface area contributed by atoms with Gasteiger partial charge < -0.3 is 0 Å². The number of halogens is 3. The van der Waals surface area contributed by atoms with Crippen molar-refractivity contribution in [1.29, 1.82) is 0 Å². The molecule has 1 aromatic carbocycles. The van der Waals surface area contributed by atoms with Crippen LogP contribution in [0.5, 0.6) is 0 Å². The Morgan fingerprint density at radius 3 is 2.14 bits per heavy atom. The molecule has 0 heterocycles. The Balaban J connectivity index is 3.14. The maximum absolute atomic E-state index is 13.6. The number of alkyl halides is 3. The fraction of sp³-hybridized carbons (Fsp3) is 0.412. The summed E-state index contributed by atoms with van der Waals surface area (Å²) in [5.74, 6) is 0. The normalized spacial score (nSPS) is 14.0. The third kappa shape index (κ3) is 4.74. The Morgan fingerprint density at radius 1 is 1.14 bits per heavy atom. The van der Waals surface area contributed by atoms with Gasteiger partial charge in [-0.3, -0.25) is 4.90 Å². The minimum absolute atomic E-state index is 0.163. The zero-order valence-electron chi connectivity index (χ0n) is 12.5. The standard InChI is InChI=1S/C17H22F3N/c1-5-12-21(13-14-10-8-7-9-11-14)15(17(18,19)20)16(3,4)6-2/h5-11,15H,1-2,12-13H2,3-4H3. The molecule has 116 valence electrons. The van der Waals surface area contributed by atoms with Gasteiger partial charge in [-0.2, -0.15) is 13.2 Å². The summed E-state index contributed by atoms with van der Waals surface area (Å²) in [6.45, 7) is 10.6. The molecule has 0 spiro atoms. The first-order valence-corrected chi connectivity index (χ1v) is 6.81. The molecule has 0 aromatic heterocycles. The molecule has 1 nitrogen and oxygen atoms in total. The summed E-state index contributed by atoms with van der Waals surface area (Å²) < 4.78 is 40.7.